The van der Waals surface area contributed by atoms with Gasteiger partial charge in [0.05, 0.1) is 0 Å². The molecule has 1 heteroatoms. The average Bonchev–Trinajstić information content (AvgIpc) is 2.67. The molecule has 20 heavy (non-hydrogen) atoms. The average molecular weight is 273 g/mol. The Kier molecular flexibility index (Phi) is 4.30. The molecular formula is C19H31N. The third-order valence-electron chi connectivity index (χ3n) is 4.93. The Hall–Kier alpha value is -0.820. The topological polar surface area (TPSA) is 12.0 Å². The molecule has 1 nitrogen and oxygen atoms in total. The number of nitrogens with one attached hydrogen (secondary N) is 1. The normalized spacial score (nSPS) is 27.0. The van der Waals surface area contributed by atoms with E-state index in [1.54, 1.807) is 5.56 Å². The number of benzene rings is 1. The SMILES string of the molecule is Cc1cc(C)cc(C2(CNC(C)(C)C)CCCC2C)c1. The van der Waals surface area contributed by atoms with Gasteiger partial charge >= 0.3 is 0 Å². The van der Waals surface area contributed by atoms with Crippen LogP contribution in [0, 0.1) is 19.8 Å². The molecule has 0 radical (unpaired) electrons. The second-order valence-corrected chi connectivity index (χ2v) is 7.93. The van der Waals surface area contributed by atoms with Gasteiger partial charge < -0.3 is 5.32 Å². The summed E-state index contributed by atoms with van der Waals surface area (Å²) in [6.45, 7) is 14.8. The Bertz CT molecular complexity index is 449. The first-order valence-corrected chi connectivity index (χ1v) is 8.07. The van der Waals surface area contributed by atoms with Gasteiger partial charge in [0, 0.05) is 17.5 Å². The van der Waals surface area contributed by atoms with E-state index in [4.69, 9.17) is 0 Å². The summed E-state index contributed by atoms with van der Waals surface area (Å²) in [5.74, 6) is 0.763. The molecular weight excluding hydrogens is 242 g/mol. The van der Waals surface area contributed by atoms with Gasteiger partial charge in [-0.1, -0.05) is 42.7 Å². The van der Waals surface area contributed by atoms with Gasteiger partial charge in [-0.25, -0.2) is 0 Å². The molecule has 2 atom stereocenters. The van der Waals surface area contributed by atoms with Crippen LogP contribution in [0.4, 0.5) is 0 Å². The van der Waals surface area contributed by atoms with Crippen molar-refractivity contribution in [3.8, 4) is 0 Å². The zero-order valence-electron chi connectivity index (χ0n) is 14.1. The second kappa shape index (κ2) is 5.52. The number of aryl methyl sites for hydroxylation is 2. The van der Waals surface area contributed by atoms with Crippen LogP contribution in [-0.4, -0.2) is 12.1 Å². The fourth-order valence-corrected chi connectivity index (χ4v) is 3.72. The summed E-state index contributed by atoms with van der Waals surface area (Å²) in [6, 6.07) is 7.12. The molecule has 1 aliphatic rings. The maximum absolute atomic E-state index is 3.77. The minimum atomic E-state index is 0.189. The van der Waals surface area contributed by atoms with Crippen molar-refractivity contribution in [2.45, 2.75) is 71.8 Å². The zero-order chi connectivity index (χ0) is 15.0. The highest BCUT2D eigenvalue weighted by Gasteiger charge is 2.42. The van der Waals surface area contributed by atoms with Gasteiger partial charge in [0.15, 0.2) is 0 Å². The Balaban J connectivity index is 2.36. The van der Waals surface area contributed by atoms with Crippen molar-refractivity contribution in [3.05, 3.63) is 34.9 Å². The van der Waals surface area contributed by atoms with Crippen molar-refractivity contribution >= 4 is 0 Å². The summed E-state index contributed by atoms with van der Waals surface area (Å²) >= 11 is 0. The molecule has 0 aromatic heterocycles. The summed E-state index contributed by atoms with van der Waals surface area (Å²) in [5, 5.41) is 3.77. The van der Waals surface area contributed by atoms with Gasteiger partial charge in [-0.05, 0) is 58.9 Å². The van der Waals surface area contributed by atoms with Crippen LogP contribution in [0.2, 0.25) is 0 Å². The molecule has 1 aliphatic carbocycles. The van der Waals surface area contributed by atoms with E-state index in [9.17, 15) is 0 Å². The van der Waals surface area contributed by atoms with Gasteiger partial charge in [0.1, 0.15) is 0 Å². The van der Waals surface area contributed by atoms with Gasteiger partial charge in [0.25, 0.3) is 0 Å². The quantitative estimate of drug-likeness (QED) is 0.838. The summed E-state index contributed by atoms with van der Waals surface area (Å²) in [5.41, 5.74) is 4.86. The highest BCUT2D eigenvalue weighted by molar-refractivity contribution is 5.36. The molecule has 0 bridgehead atoms. The smallest absolute Gasteiger partial charge is 0.0104 e. The van der Waals surface area contributed by atoms with Gasteiger partial charge in [0.2, 0.25) is 0 Å². The van der Waals surface area contributed by atoms with Crippen LogP contribution >= 0.6 is 0 Å². The van der Waals surface area contributed by atoms with Crippen LogP contribution in [0.5, 0.6) is 0 Å². The molecule has 0 spiro atoms. The summed E-state index contributed by atoms with van der Waals surface area (Å²) in [7, 11) is 0. The Morgan fingerprint density at radius 2 is 1.75 bits per heavy atom. The van der Waals surface area contributed by atoms with Crippen LogP contribution in [-0.2, 0) is 5.41 Å². The van der Waals surface area contributed by atoms with E-state index in [1.807, 2.05) is 0 Å². The van der Waals surface area contributed by atoms with Crippen LogP contribution in [0.1, 0.15) is 63.6 Å². The van der Waals surface area contributed by atoms with E-state index in [0.717, 1.165) is 12.5 Å². The molecule has 1 aromatic rings. The minimum absolute atomic E-state index is 0.189. The Morgan fingerprint density at radius 1 is 1.15 bits per heavy atom. The largest absolute Gasteiger partial charge is 0.311 e. The number of hydrogen-bond donors (Lipinski definition) is 1. The first-order valence-electron chi connectivity index (χ1n) is 8.07. The molecule has 2 unspecified atom stereocenters. The minimum Gasteiger partial charge on any atom is -0.311 e. The van der Waals surface area contributed by atoms with E-state index in [0.29, 0.717) is 5.41 Å². The number of hydrogen-bond acceptors (Lipinski definition) is 1. The second-order valence-electron chi connectivity index (χ2n) is 7.93. The highest BCUT2D eigenvalue weighted by Crippen LogP contribution is 2.45. The monoisotopic (exact) mass is 273 g/mol. The van der Waals surface area contributed by atoms with Crippen molar-refractivity contribution in [3.63, 3.8) is 0 Å². The predicted molar refractivity (Wildman–Crippen MR) is 88.4 cm³/mol. The predicted octanol–water partition coefficient (Wildman–Crippen LogP) is 4.75. The summed E-state index contributed by atoms with van der Waals surface area (Å²) in [6.07, 6.45) is 4.04. The van der Waals surface area contributed by atoms with Crippen molar-refractivity contribution in [1.82, 2.24) is 5.32 Å². The maximum Gasteiger partial charge on any atom is 0.0104 e. The molecule has 1 saturated carbocycles. The van der Waals surface area contributed by atoms with E-state index < -0.39 is 0 Å². The van der Waals surface area contributed by atoms with E-state index >= 15 is 0 Å². The van der Waals surface area contributed by atoms with Gasteiger partial charge in [-0.2, -0.15) is 0 Å². The van der Waals surface area contributed by atoms with Crippen molar-refractivity contribution in [2.75, 3.05) is 6.54 Å². The third-order valence-corrected chi connectivity index (χ3v) is 4.93. The molecule has 112 valence electrons. The standard InChI is InChI=1S/C19H31N/c1-14-10-15(2)12-17(11-14)19(9-7-8-16(19)3)13-20-18(4,5)6/h10-12,16,20H,7-9,13H2,1-6H3. The van der Waals surface area contributed by atoms with E-state index in [2.05, 4.69) is 65.1 Å². The van der Waals surface area contributed by atoms with E-state index in [-0.39, 0.29) is 5.54 Å². The lowest BCUT2D eigenvalue weighted by atomic mass is 9.72. The Morgan fingerprint density at radius 3 is 2.20 bits per heavy atom. The lowest BCUT2D eigenvalue weighted by Crippen LogP contribution is -2.47. The highest BCUT2D eigenvalue weighted by atomic mass is 15.0. The maximum atomic E-state index is 3.77. The van der Waals surface area contributed by atoms with Crippen molar-refractivity contribution < 1.29 is 0 Å². The van der Waals surface area contributed by atoms with Crippen molar-refractivity contribution in [2.24, 2.45) is 5.92 Å². The molecule has 0 amide bonds. The fourth-order valence-electron chi connectivity index (χ4n) is 3.72. The van der Waals surface area contributed by atoms with Crippen LogP contribution in [0.25, 0.3) is 0 Å². The van der Waals surface area contributed by atoms with Gasteiger partial charge in [-0.3, -0.25) is 0 Å². The van der Waals surface area contributed by atoms with Crippen molar-refractivity contribution in [1.29, 1.82) is 0 Å². The lowest BCUT2D eigenvalue weighted by Gasteiger charge is -2.38. The molecule has 1 aromatic carbocycles. The van der Waals surface area contributed by atoms with Crippen LogP contribution in [0.3, 0.4) is 0 Å². The molecule has 2 rings (SSSR count). The third kappa shape index (κ3) is 3.25. The zero-order valence-corrected chi connectivity index (χ0v) is 14.1. The Labute approximate surface area is 125 Å². The number of rotatable bonds is 3. The van der Waals surface area contributed by atoms with E-state index in [1.165, 1.54) is 30.4 Å². The van der Waals surface area contributed by atoms with Crippen LogP contribution < -0.4 is 5.32 Å². The van der Waals surface area contributed by atoms with Gasteiger partial charge in [-0.15, -0.1) is 0 Å². The molecule has 0 saturated heterocycles. The lowest BCUT2D eigenvalue weighted by molar-refractivity contribution is 0.279. The molecule has 0 aliphatic heterocycles. The first kappa shape index (κ1) is 15.6. The molecule has 1 N–H and O–H groups in total. The molecule has 1 fully saturated rings. The first-order chi connectivity index (χ1) is 9.23. The molecule has 0 heterocycles. The summed E-state index contributed by atoms with van der Waals surface area (Å²) < 4.78 is 0. The van der Waals surface area contributed by atoms with Crippen LogP contribution in [0.15, 0.2) is 18.2 Å². The summed E-state index contributed by atoms with van der Waals surface area (Å²) in [4.78, 5) is 0. The fraction of sp³-hybridized carbons (Fsp3) is 0.684.